The fraction of sp³-hybridized carbons (Fsp3) is 0.419. The van der Waals surface area contributed by atoms with E-state index < -0.39 is 0 Å². The molecular weight excluding hydrogens is 468 g/mol. The average molecular weight is 509 g/mol. The summed E-state index contributed by atoms with van der Waals surface area (Å²) in [7, 11) is 3.17. The maximum atomic E-state index is 12.3. The van der Waals surface area contributed by atoms with Crippen molar-refractivity contribution in [1.29, 1.82) is 0 Å². The van der Waals surface area contributed by atoms with Gasteiger partial charge in [0.05, 0.1) is 33.9 Å². The minimum atomic E-state index is -0.276. The highest BCUT2D eigenvalue weighted by atomic mass is 16.5. The van der Waals surface area contributed by atoms with Crippen LogP contribution in [-0.4, -0.2) is 39.0 Å². The van der Waals surface area contributed by atoms with Gasteiger partial charge in [-0.25, -0.2) is 0 Å². The first kappa shape index (κ1) is 29.7. The van der Waals surface area contributed by atoms with Crippen molar-refractivity contribution in [2.24, 2.45) is 0 Å². The maximum Gasteiger partial charge on any atom is 0.163 e. The Morgan fingerprint density at radius 2 is 1.08 bits per heavy atom. The molecule has 0 aliphatic carbocycles. The number of allylic oxidation sites excluding steroid dienone is 2. The van der Waals surface area contributed by atoms with E-state index in [-0.39, 0.29) is 18.0 Å². The van der Waals surface area contributed by atoms with Crippen LogP contribution in [0, 0.1) is 0 Å². The van der Waals surface area contributed by atoms with Crippen molar-refractivity contribution < 1.29 is 28.5 Å². The molecule has 0 fully saturated rings. The lowest BCUT2D eigenvalue weighted by atomic mass is 10.1. The minimum Gasteiger partial charge on any atom is -0.493 e. The molecule has 37 heavy (non-hydrogen) atoms. The van der Waals surface area contributed by atoms with Crippen LogP contribution >= 0.6 is 0 Å². The van der Waals surface area contributed by atoms with Crippen molar-refractivity contribution in [1.82, 2.24) is 0 Å². The van der Waals surface area contributed by atoms with E-state index in [4.69, 9.17) is 18.9 Å². The van der Waals surface area contributed by atoms with E-state index in [0.717, 1.165) is 49.7 Å². The lowest BCUT2D eigenvalue weighted by Gasteiger charge is -2.11. The van der Waals surface area contributed by atoms with E-state index in [1.54, 1.807) is 26.4 Å². The van der Waals surface area contributed by atoms with E-state index in [2.05, 4.69) is 13.8 Å². The Kier molecular flexibility index (Phi) is 13.6. The Labute approximate surface area is 221 Å². The highest BCUT2D eigenvalue weighted by Gasteiger charge is 2.08. The van der Waals surface area contributed by atoms with Gasteiger partial charge >= 0.3 is 0 Å². The molecule has 0 aliphatic heterocycles. The van der Waals surface area contributed by atoms with Gasteiger partial charge in [0.1, 0.15) is 0 Å². The zero-order valence-electron chi connectivity index (χ0n) is 22.6. The van der Waals surface area contributed by atoms with Gasteiger partial charge in [-0.3, -0.25) is 9.59 Å². The van der Waals surface area contributed by atoms with Crippen molar-refractivity contribution in [3.63, 3.8) is 0 Å². The van der Waals surface area contributed by atoms with Gasteiger partial charge in [0.25, 0.3) is 0 Å². The van der Waals surface area contributed by atoms with Gasteiger partial charge in [0.2, 0.25) is 0 Å². The van der Waals surface area contributed by atoms with Gasteiger partial charge in [-0.15, -0.1) is 0 Å². The molecule has 6 heteroatoms. The molecule has 2 rings (SSSR count). The molecule has 0 aromatic heterocycles. The summed E-state index contributed by atoms with van der Waals surface area (Å²) in [5.74, 6) is 2.02. The molecule has 0 atom stereocenters. The van der Waals surface area contributed by atoms with Crippen LogP contribution < -0.4 is 18.9 Å². The van der Waals surface area contributed by atoms with Gasteiger partial charge in [-0.05, 0) is 60.4 Å². The summed E-state index contributed by atoms with van der Waals surface area (Å²) in [4.78, 5) is 24.6. The SMILES string of the molecule is CCCCCOc1ccc(/C=C/C(=O)CC(=O)/C=C/c2ccc(OCCCCC)c(OC)c2)cc1OC. The van der Waals surface area contributed by atoms with Crippen LogP contribution in [0.15, 0.2) is 48.6 Å². The topological polar surface area (TPSA) is 71.1 Å². The van der Waals surface area contributed by atoms with Gasteiger partial charge in [0, 0.05) is 0 Å². The highest BCUT2D eigenvalue weighted by molar-refractivity contribution is 6.10. The summed E-state index contributed by atoms with van der Waals surface area (Å²) in [6, 6.07) is 11.0. The van der Waals surface area contributed by atoms with E-state index in [9.17, 15) is 9.59 Å². The minimum absolute atomic E-state index is 0.210. The van der Waals surface area contributed by atoms with Crippen LogP contribution in [0.2, 0.25) is 0 Å². The molecule has 0 saturated carbocycles. The molecule has 0 radical (unpaired) electrons. The number of ether oxygens (including phenoxy) is 4. The number of benzene rings is 2. The Bertz CT molecular complexity index is 970. The number of unbranched alkanes of at least 4 members (excludes halogenated alkanes) is 4. The van der Waals surface area contributed by atoms with E-state index in [0.29, 0.717) is 36.2 Å². The van der Waals surface area contributed by atoms with Crippen molar-refractivity contribution in [2.45, 2.75) is 58.8 Å². The molecule has 0 bridgehead atoms. The lowest BCUT2D eigenvalue weighted by Crippen LogP contribution is -2.02. The normalized spacial score (nSPS) is 11.1. The highest BCUT2D eigenvalue weighted by Crippen LogP contribution is 2.30. The molecule has 6 nitrogen and oxygen atoms in total. The zero-order chi connectivity index (χ0) is 26.9. The van der Waals surface area contributed by atoms with Crippen LogP contribution in [0.5, 0.6) is 23.0 Å². The third-order valence-corrected chi connectivity index (χ3v) is 5.66. The second-order valence-electron chi connectivity index (χ2n) is 8.71. The zero-order valence-corrected chi connectivity index (χ0v) is 22.6. The van der Waals surface area contributed by atoms with Crippen molar-refractivity contribution in [2.75, 3.05) is 27.4 Å². The summed E-state index contributed by atoms with van der Waals surface area (Å²) >= 11 is 0. The van der Waals surface area contributed by atoms with Crippen LogP contribution in [0.25, 0.3) is 12.2 Å². The van der Waals surface area contributed by atoms with Crippen LogP contribution in [0.1, 0.15) is 69.9 Å². The molecule has 0 N–H and O–H groups in total. The fourth-order valence-electron chi connectivity index (χ4n) is 3.55. The summed E-state index contributed by atoms with van der Waals surface area (Å²) in [6.45, 7) is 5.57. The molecule has 0 spiro atoms. The molecule has 2 aromatic rings. The summed E-state index contributed by atoms with van der Waals surface area (Å²) in [5, 5.41) is 0. The Hall–Kier alpha value is -3.54. The van der Waals surface area contributed by atoms with Crippen molar-refractivity contribution >= 4 is 23.7 Å². The quantitative estimate of drug-likeness (QED) is 0.122. The van der Waals surface area contributed by atoms with Gasteiger partial charge in [-0.1, -0.05) is 63.8 Å². The molecule has 0 aliphatic rings. The predicted octanol–water partition coefficient (Wildman–Crippen LogP) is 7.10. The number of hydrogen-bond acceptors (Lipinski definition) is 6. The number of rotatable bonds is 18. The molecule has 0 amide bonds. The van der Waals surface area contributed by atoms with Gasteiger partial charge in [-0.2, -0.15) is 0 Å². The first-order valence-electron chi connectivity index (χ1n) is 13.0. The van der Waals surface area contributed by atoms with Gasteiger partial charge in [0.15, 0.2) is 34.6 Å². The third kappa shape index (κ3) is 10.9. The standard InChI is InChI=1S/C31H40O6/c1-5-7-9-19-36-28-17-13-24(21-30(28)34-3)11-15-26(32)23-27(33)16-12-25-14-18-29(31(22-25)35-4)37-20-10-8-6-2/h11-18,21-22H,5-10,19-20,23H2,1-4H3/b15-11+,16-12+. The van der Waals surface area contributed by atoms with Crippen LogP contribution in [0.3, 0.4) is 0 Å². The molecule has 0 unspecified atom stereocenters. The van der Waals surface area contributed by atoms with Crippen molar-refractivity contribution in [3.8, 4) is 23.0 Å². The summed E-state index contributed by atoms with van der Waals surface area (Å²) in [5.41, 5.74) is 1.58. The third-order valence-electron chi connectivity index (χ3n) is 5.66. The molecule has 0 saturated heterocycles. The number of hydrogen-bond donors (Lipinski definition) is 0. The van der Waals surface area contributed by atoms with E-state index >= 15 is 0 Å². The molecule has 0 heterocycles. The molecule has 2 aromatic carbocycles. The van der Waals surface area contributed by atoms with Crippen molar-refractivity contribution in [3.05, 3.63) is 59.7 Å². The lowest BCUT2D eigenvalue weighted by molar-refractivity contribution is -0.121. The monoisotopic (exact) mass is 508 g/mol. The maximum absolute atomic E-state index is 12.3. The smallest absolute Gasteiger partial charge is 0.163 e. The van der Waals surface area contributed by atoms with Crippen LogP contribution in [-0.2, 0) is 9.59 Å². The number of carbonyl (C=O) groups is 2. The largest absolute Gasteiger partial charge is 0.493 e. The molecule has 200 valence electrons. The summed E-state index contributed by atoms with van der Waals surface area (Å²) in [6.07, 6.45) is 12.4. The second-order valence-corrected chi connectivity index (χ2v) is 8.71. The Balaban J connectivity index is 1.90. The first-order chi connectivity index (χ1) is 18.0. The van der Waals surface area contributed by atoms with E-state index in [1.165, 1.54) is 12.2 Å². The second kappa shape index (κ2) is 17.0. The average Bonchev–Trinajstić information content (AvgIpc) is 2.91. The molecular formula is C31H40O6. The predicted molar refractivity (Wildman–Crippen MR) is 149 cm³/mol. The Morgan fingerprint density at radius 1 is 0.649 bits per heavy atom. The first-order valence-corrected chi connectivity index (χ1v) is 13.0. The number of methoxy groups -OCH3 is 2. The van der Waals surface area contributed by atoms with Gasteiger partial charge < -0.3 is 18.9 Å². The number of ketones is 2. The number of carbonyl (C=O) groups excluding carboxylic acids is 2. The Morgan fingerprint density at radius 3 is 1.46 bits per heavy atom. The fourth-order valence-corrected chi connectivity index (χ4v) is 3.55. The van der Waals surface area contributed by atoms with E-state index in [1.807, 2.05) is 36.4 Å². The summed E-state index contributed by atoms with van der Waals surface area (Å²) < 4.78 is 22.4. The van der Waals surface area contributed by atoms with Crippen LogP contribution in [0.4, 0.5) is 0 Å².